The van der Waals surface area contributed by atoms with Crippen LogP contribution in [0, 0.1) is 0 Å². The minimum atomic E-state index is -0.877. The van der Waals surface area contributed by atoms with Crippen molar-refractivity contribution in [3.8, 4) is 0 Å². The maximum atomic E-state index is 11.5. The molecule has 8 rings (SSSR count). The Hall–Kier alpha value is -6.12. The summed E-state index contributed by atoms with van der Waals surface area (Å²) in [4.78, 5) is 26.1. The third-order valence-electron chi connectivity index (χ3n) is 7.57. The van der Waals surface area contributed by atoms with Gasteiger partial charge in [0.25, 0.3) is 5.91 Å². The molecule has 0 aliphatic carbocycles. The Morgan fingerprint density at radius 3 is 1.05 bits per heavy atom. The molecule has 0 saturated carbocycles. The van der Waals surface area contributed by atoms with Gasteiger partial charge in [-0.05, 0) is 71.5 Å². The van der Waals surface area contributed by atoms with Crippen molar-refractivity contribution in [1.29, 1.82) is 0 Å². The molecule has 2 aromatic heterocycles. The molecule has 58 heavy (non-hydrogen) atoms. The van der Waals surface area contributed by atoms with Crippen molar-refractivity contribution in [2.24, 2.45) is 15.1 Å². The number of aromatic nitrogens is 2. The van der Waals surface area contributed by atoms with Crippen molar-refractivity contribution in [2.45, 2.75) is 0 Å². The summed E-state index contributed by atoms with van der Waals surface area (Å²) >= 11 is 2.69. The van der Waals surface area contributed by atoms with Crippen LogP contribution in [0.15, 0.2) is 220 Å². The molecule has 0 aliphatic heterocycles. The molecule has 8 aromatic rings. The molecule has 6 aromatic carbocycles. The largest absolute Gasteiger partial charge is 0.858 e. The first-order valence-corrected chi connectivity index (χ1v) is 20.7. The van der Waals surface area contributed by atoms with Crippen molar-refractivity contribution < 1.29 is 35.4 Å². The Morgan fingerprint density at radius 2 is 0.776 bits per heavy atom. The van der Waals surface area contributed by atoms with E-state index in [1.54, 1.807) is 77.8 Å². The van der Waals surface area contributed by atoms with Crippen LogP contribution in [0.25, 0.3) is 5.53 Å². The van der Waals surface area contributed by atoms with E-state index in [9.17, 15) is 15.0 Å². The van der Waals surface area contributed by atoms with E-state index in [1.165, 1.54) is 38.6 Å². The van der Waals surface area contributed by atoms with Gasteiger partial charge in [0.1, 0.15) is 15.9 Å². The fourth-order valence-corrected chi connectivity index (χ4v) is 8.54. The average molecular weight is 989 g/mol. The maximum Gasteiger partial charge on any atom is 0.256 e. The third-order valence-corrected chi connectivity index (χ3v) is 11.6. The van der Waals surface area contributed by atoms with Crippen LogP contribution in [0.5, 0.6) is 0 Å². The van der Waals surface area contributed by atoms with E-state index < -0.39 is 13.8 Å². The van der Waals surface area contributed by atoms with Gasteiger partial charge in [-0.2, -0.15) is 0 Å². The van der Waals surface area contributed by atoms with Crippen LogP contribution in [-0.4, -0.2) is 27.7 Å². The third kappa shape index (κ3) is 14.8. The van der Waals surface area contributed by atoms with Gasteiger partial charge in [-0.1, -0.05) is 133 Å². The van der Waals surface area contributed by atoms with Crippen LogP contribution in [0.3, 0.4) is 0 Å². The summed E-state index contributed by atoms with van der Waals surface area (Å²) in [5.41, 5.74) is 9.63. The Balaban J connectivity index is 0.000000174. The molecule has 0 N–H and O–H groups in total. The number of hydrogen-bond acceptors (Lipinski definition) is 9. The summed E-state index contributed by atoms with van der Waals surface area (Å²) in [6.07, 6.45) is 3.25. The molecule has 2 heterocycles. The van der Waals surface area contributed by atoms with Crippen molar-refractivity contribution in [2.75, 3.05) is 0 Å². The number of thiazole rings is 2. The average Bonchev–Trinajstić information content (AvgIpc) is 4.01. The summed E-state index contributed by atoms with van der Waals surface area (Å²) in [5, 5.41) is 34.4. The number of benzene rings is 6. The Kier molecular flexibility index (Phi) is 19.4. The van der Waals surface area contributed by atoms with Crippen LogP contribution in [0.1, 0.15) is 21.5 Å². The molecule has 0 spiro atoms. The molecule has 1 radical (unpaired) electrons. The number of rotatable bonds is 8. The second-order valence-corrected chi connectivity index (χ2v) is 15.7. The first-order valence-electron chi connectivity index (χ1n) is 17.4. The van der Waals surface area contributed by atoms with Gasteiger partial charge >= 0.3 is 0 Å². The summed E-state index contributed by atoms with van der Waals surface area (Å²) in [7, 11) is -0.877. The van der Waals surface area contributed by atoms with Gasteiger partial charge in [0.15, 0.2) is 0 Å². The fourth-order valence-electron chi connectivity index (χ4n) is 4.96. The monoisotopic (exact) mass is 989 g/mol. The Morgan fingerprint density at radius 1 is 0.483 bits per heavy atom. The van der Waals surface area contributed by atoms with Gasteiger partial charge < -0.3 is 20.9 Å². The summed E-state index contributed by atoms with van der Waals surface area (Å²) in [6, 6.07) is 58.8. The normalized spacial score (nSPS) is 10.6. The molecule has 0 bridgehead atoms. The van der Waals surface area contributed by atoms with Gasteiger partial charge in [-0.3, -0.25) is 4.79 Å². The van der Waals surface area contributed by atoms with Crippen molar-refractivity contribution in [3.05, 3.63) is 227 Å². The molecule has 0 saturated heterocycles. The van der Waals surface area contributed by atoms with E-state index in [4.69, 9.17) is 5.53 Å². The molecule has 0 atom stereocenters. The van der Waals surface area contributed by atoms with Gasteiger partial charge in [-0.15, -0.1) is 22.7 Å². The van der Waals surface area contributed by atoms with E-state index in [0.29, 0.717) is 27.0 Å². The van der Waals surface area contributed by atoms with Crippen molar-refractivity contribution in [3.63, 3.8) is 0 Å². The second kappa shape index (κ2) is 25.2. The Labute approximate surface area is 360 Å². The van der Waals surface area contributed by atoms with Gasteiger partial charge in [0.05, 0.1) is 7.92 Å². The molecular formula is C45H35N6O3PReS2-2. The van der Waals surface area contributed by atoms with Crippen LogP contribution in [0.4, 0.5) is 10.3 Å². The van der Waals surface area contributed by atoms with E-state index in [0.717, 1.165) is 0 Å². The van der Waals surface area contributed by atoms with Crippen LogP contribution < -0.4 is 26.1 Å². The number of aliphatic imine (C=N–C) groups is 2. The fraction of sp³-hybridized carbons (Fsp3) is 0. The minimum Gasteiger partial charge on any atom is -0.858 e. The summed E-state index contributed by atoms with van der Waals surface area (Å²) < 4.78 is 0. The van der Waals surface area contributed by atoms with Crippen LogP contribution >= 0.6 is 30.6 Å². The quantitative estimate of drug-likeness (QED) is 0.0652. The van der Waals surface area contributed by atoms with E-state index in [1.807, 2.05) is 36.4 Å². The molecular weight excluding hydrogens is 954 g/mol. The number of nitrogens with zero attached hydrogens (tertiary/aromatic N) is 6. The molecule has 1 amide bonds. The molecule has 0 unspecified atom stereocenters. The predicted molar refractivity (Wildman–Crippen MR) is 233 cm³/mol. The summed E-state index contributed by atoms with van der Waals surface area (Å²) in [6.45, 7) is 0. The van der Waals surface area contributed by atoms with E-state index in [2.05, 4.69) is 116 Å². The zero-order valence-corrected chi connectivity index (χ0v) is 36.1. The summed E-state index contributed by atoms with van der Waals surface area (Å²) in [5.74, 6) is -1.11. The zero-order valence-electron chi connectivity index (χ0n) is 30.7. The van der Waals surface area contributed by atoms with E-state index >= 15 is 0 Å². The number of hydrogen-bond donors (Lipinski definition) is 0. The zero-order chi connectivity index (χ0) is 39.9. The first-order chi connectivity index (χ1) is 28.0. The predicted octanol–water partition coefficient (Wildman–Crippen LogP) is 8.19. The molecule has 0 aliphatic rings. The number of amides is 1. The molecule has 289 valence electrons. The number of carbonyl (C=O) groups is 1. The molecule has 9 nitrogen and oxygen atoms in total. The smallest absolute Gasteiger partial charge is 0.256 e. The van der Waals surface area contributed by atoms with Crippen LogP contribution in [0.2, 0.25) is 0 Å². The van der Waals surface area contributed by atoms with Crippen LogP contribution in [-0.2, 0) is 20.4 Å². The topological polar surface area (TPSA) is 148 Å². The standard InChI is InChI=1S/C18H15P.2C10H8N2OS.C7H5N2O.Re/c1-4-10-16(11-5-1)19(17-12-6-2-7-13-17)18-14-8-3-9-15-18;2*13-9(8-4-2-1-3-5-8)12-10-11-6-7-14-10;8-9-7(10)6-4-2-1-3-5-6;/h1-15H;2*1-7H,(H,11,12,13);1-5H;/q;;;-1;/p-1. The maximum absolute atomic E-state index is 11.5. The molecule has 0 fully saturated rings. The van der Waals surface area contributed by atoms with Gasteiger partial charge in [-0.25, -0.2) is 20.0 Å². The Bertz CT molecular complexity index is 2220. The van der Waals surface area contributed by atoms with E-state index in [-0.39, 0.29) is 32.2 Å². The van der Waals surface area contributed by atoms with Crippen molar-refractivity contribution >= 4 is 74.5 Å². The SMILES string of the molecule is [N-]=NC(=O)c1ccccc1.[O-]/C(=N\c1nccs1)c1ccccc1.[O-]/C(=N\c1nccs1)c1ccccc1.[Re].c1ccc([PH+](c2ccccc2)c2ccccc2)cc1. The molecule has 13 heteroatoms. The first kappa shape index (κ1) is 44.6. The second-order valence-electron chi connectivity index (χ2n) is 11.4. The van der Waals surface area contributed by atoms with Gasteiger partial charge in [0, 0.05) is 49.1 Å². The van der Waals surface area contributed by atoms with Gasteiger partial charge in [0.2, 0.25) is 10.3 Å². The number of carbonyl (C=O) groups excluding carboxylic acids is 1. The van der Waals surface area contributed by atoms with Crippen molar-refractivity contribution in [1.82, 2.24) is 9.97 Å². The minimum absolute atomic E-state index is 0.